The summed E-state index contributed by atoms with van der Waals surface area (Å²) in [5.74, 6) is 0.760. The van der Waals surface area contributed by atoms with Crippen molar-refractivity contribution in [2.75, 3.05) is 26.2 Å². The lowest BCUT2D eigenvalue weighted by molar-refractivity contribution is -0.137. The van der Waals surface area contributed by atoms with Gasteiger partial charge in [-0.05, 0) is 61.9 Å². The van der Waals surface area contributed by atoms with Crippen LogP contribution >= 0.6 is 0 Å². The van der Waals surface area contributed by atoms with E-state index in [1.54, 1.807) is 0 Å². The molecule has 5 nitrogen and oxygen atoms in total. The van der Waals surface area contributed by atoms with Crippen LogP contribution in [-0.2, 0) is 16.6 Å². The Kier molecular flexibility index (Phi) is 7.94. The SMILES string of the molecule is CCc1ccccc1.O=C(O)CCN1CCC2(CC1)COc1cc(C(=O)C3CC3c3ccccc3)ccc12. The Balaban J connectivity index is 0.000000316. The highest BCUT2D eigenvalue weighted by molar-refractivity contribution is 6.00. The van der Waals surface area contributed by atoms with Gasteiger partial charge in [-0.15, -0.1) is 0 Å². The van der Waals surface area contributed by atoms with E-state index in [4.69, 9.17) is 9.84 Å². The third kappa shape index (κ3) is 5.83. The van der Waals surface area contributed by atoms with Crippen molar-refractivity contribution >= 4 is 11.8 Å². The number of ether oxygens (including phenoxy) is 1. The minimum atomic E-state index is -0.743. The first-order valence-corrected chi connectivity index (χ1v) is 13.8. The van der Waals surface area contributed by atoms with Gasteiger partial charge in [0, 0.05) is 29.0 Å². The van der Waals surface area contributed by atoms with Gasteiger partial charge in [-0.25, -0.2) is 0 Å². The molecule has 3 aromatic carbocycles. The zero-order chi connectivity index (χ0) is 26.5. The highest BCUT2D eigenvalue weighted by atomic mass is 16.5. The van der Waals surface area contributed by atoms with E-state index in [1.807, 2.05) is 36.4 Å². The van der Waals surface area contributed by atoms with Crippen molar-refractivity contribution < 1.29 is 19.4 Å². The predicted octanol–water partition coefficient (Wildman–Crippen LogP) is 6.12. The molecule has 3 aliphatic rings. The molecule has 2 fully saturated rings. The Hall–Kier alpha value is -3.44. The molecule has 38 heavy (non-hydrogen) atoms. The Labute approximate surface area is 225 Å². The van der Waals surface area contributed by atoms with Crippen LogP contribution in [0.2, 0.25) is 0 Å². The summed E-state index contributed by atoms with van der Waals surface area (Å²) in [4.78, 5) is 26.1. The number of hydrogen-bond donors (Lipinski definition) is 1. The second-order valence-electron chi connectivity index (χ2n) is 10.8. The fourth-order valence-corrected chi connectivity index (χ4v) is 5.88. The molecule has 1 saturated carbocycles. The third-order valence-electron chi connectivity index (χ3n) is 8.40. The summed E-state index contributed by atoms with van der Waals surface area (Å²) >= 11 is 0. The molecule has 0 bridgehead atoms. The summed E-state index contributed by atoms with van der Waals surface area (Å²) in [6, 6.07) is 26.8. The van der Waals surface area contributed by atoms with E-state index in [9.17, 15) is 9.59 Å². The van der Waals surface area contributed by atoms with E-state index in [0.717, 1.165) is 50.1 Å². The fraction of sp³-hybridized carbons (Fsp3) is 0.394. The van der Waals surface area contributed by atoms with Crippen LogP contribution in [0.4, 0.5) is 0 Å². The van der Waals surface area contributed by atoms with E-state index in [2.05, 4.69) is 54.3 Å². The average Bonchev–Trinajstić information content (AvgIpc) is 3.70. The first kappa shape index (κ1) is 26.2. The number of Topliss-reactive ketones (excluding diaryl/α,β-unsaturated/α-hetero) is 1. The average molecular weight is 512 g/mol. The van der Waals surface area contributed by atoms with E-state index in [1.165, 1.54) is 16.7 Å². The first-order chi connectivity index (χ1) is 18.5. The molecule has 0 aromatic heterocycles. The quantitative estimate of drug-likeness (QED) is 0.387. The van der Waals surface area contributed by atoms with Gasteiger partial charge in [-0.3, -0.25) is 9.59 Å². The number of aryl methyl sites for hydroxylation is 1. The predicted molar refractivity (Wildman–Crippen MR) is 149 cm³/mol. The zero-order valence-corrected chi connectivity index (χ0v) is 22.1. The molecule has 0 radical (unpaired) electrons. The lowest BCUT2D eigenvalue weighted by Gasteiger charge is -2.38. The Morgan fingerprint density at radius 3 is 2.29 bits per heavy atom. The second kappa shape index (κ2) is 11.5. The van der Waals surface area contributed by atoms with E-state index >= 15 is 0 Å². The number of fused-ring (bicyclic) bond motifs is 2. The monoisotopic (exact) mass is 511 g/mol. The number of carbonyl (C=O) groups is 2. The fourth-order valence-electron chi connectivity index (χ4n) is 5.88. The zero-order valence-electron chi connectivity index (χ0n) is 22.1. The molecule has 2 aliphatic heterocycles. The van der Waals surface area contributed by atoms with Crippen LogP contribution in [0.5, 0.6) is 5.75 Å². The lowest BCUT2D eigenvalue weighted by atomic mass is 9.74. The van der Waals surface area contributed by atoms with Gasteiger partial charge in [0.25, 0.3) is 0 Å². The summed E-state index contributed by atoms with van der Waals surface area (Å²) < 4.78 is 6.06. The Bertz CT molecular complexity index is 1250. The number of nitrogens with zero attached hydrogens (tertiary/aromatic N) is 1. The molecule has 2 unspecified atom stereocenters. The molecule has 1 spiro atoms. The lowest BCUT2D eigenvalue weighted by Crippen LogP contribution is -2.44. The summed E-state index contributed by atoms with van der Waals surface area (Å²) in [5.41, 5.74) is 4.64. The molecule has 1 aliphatic carbocycles. The molecule has 2 heterocycles. The molecule has 1 saturated heterocycles. The van der Waals surface area contributed by atoms with E-state index in [-0.39, 0.29) is 23.5 Å². The van der Waals surface area contributed by atoms with Gasteiger partial charge in [-0.2, -0.15) is 0 Å². The number of benzene rings is 3. The van der Waals surface area contributed by atoms with Crippen molar-refractivity contribution in [3.05, 3.63) is 101 Å². The minimum absolute atomic E-state index is 0.00277. The number of ketones is 1. The number of piperidine rings is 1. The van der Waals surface area contributed by atoms with Crippen molar-refractivity contribution in [2.45, 2.75) is 50.4 Å². The van der Waals surface area contributed by atoms with Crippen molar-refractivity contribution in [3.8, 4) is 5.75 Å². The van der Waals surface area contributed by atoms with Gasteiger partial charge in [0.05, 0.1) is 13.0 Å². The molecule has 1 N–H and O–H groups in total. The van der Waals surface area contributed by atoms with Crippen LogP contribution in [-0.4, -0.2) is 48.0 Å². The van der Waals surface area contributed by atoms with Crippen LogP contribution < -0.4 is 4.74 Å². The Morgan fingerprint density at radius 2 is 1.66 bits per heavy atom. The highest BCUT2D eigenvalue weighted by Crippen LogP contribution is 2.50. The maximum Gasteiger partial charge on any atom is 0.304 e. The topological polar surface area (TPSA) is 66.8 Å². The smallest absolute Gasteiger partial charge is 0.304 e. The molecule has 198 valence electrons. The van der Waals surface area contributed by atoms with Crippen LogP contribution in [0.1, 0.15) is 65.6 Å². The molecule has 0 amide bonds. The van der Waals surface area contributed by atoms with Gasteiger partial charge in [0.1, 0.15) is 5.75 Å². The van der Waals surface area contributed by atoms with Gasteiger partial charge in [0.15, 0.2) is 5.78 Å². The van der Waals surface area contributed by atoms with Gasteiger partial charge in [-0.1, -0.05) is 79.7 Å². The normalized spacial score (nSPS) is 21.1. The van der Waals surface area contributed by atoms with Crippen LogP contribution in [0.25, 0.3) is 0 Å². The molecule has 3 aromatic rings. The standard InChI is InChI=1S/C25H27NO4.C8H10/c27-23(28)8-11-26-12-9-25(10-13-26)16-30-22-14-18(6-7-21(22)25)24(29)20-15-19(20)17-4-2-1-3-5-17;1-2-8-6-4-3-5-7-8/h1-7,14,19-20H,8-13,15-16H2,(H,27,28);3-7H,2H2,1H3. The largest absolute Gasteiger partial charge is 0.492 e. The second-order valence-corrected chi connectivity index (χ2v) is 10.8. The number of carboxylic acid groups (broad SMARTS) is 1. The summed E-state index contributed by atoms with van der Waals surface area (Å²) in [5, 5.41) is 8.90. The van der Waals surface area contributed by atoms with Crippen LogP contribution in [0.3, 0.4) is 0 Å². The summed E-state index contributed by atoms with van der Waals surface area (Å²) in [7, 11) is 0. The molecule has 6 rings (SSSR count). The van der Waals surface area contributed by atoms with Gasteiger partial charge >= 0.3 is 5.97 Å². The maximum absolute atomic E-state index is 13.0. The minimum Gasteiger partial charge on any atom is -0.492 e. The van der Waals surface area contributed by atoms with Crippen molar-refractivity contribution in [1.29, 1.82) is 0 Å². The van der Waals surface area contributed by atoms with Crippen LogP contribution in [0, 0.1) is 5.92 Å². The summed E-state index contributed by atoms with van der Waals surface area (Å²) in [6.07, 6.45) is 4.19. The number of carbonyl (C=O) groups excluding carboxylic acids is 1. The van der Waals surface area contributed by atoms with Crippen molar-refractivity contribution in [1.82, 2.24) is 4.90 Å². The number of carboxylic acids is 1. The van der Waals surface area contributed by atoms with E-state index < -0.39 is 5.97 Å². The van der Waals surface area contributed by atoms with Crippen molar-refractivity contribution in [3.63, 3.8) is 0 Å². The first-order valence-electron chi connectivity index (χ1n) is 13.8. The highest BCUT2D eigenvalue weighted by Gasteiger charge is 2.46. The molecular weight excluding hydrogens is 474 g/mol. The number of likely N-dealkylation sites (tertiary alicyclic amines) is 1. The molecule has 2 atom stereocenters. The number of aliphatic carboxylic acids is 1. The van der Waals surface area contributed by atoms with Crippen molar-refractivity contribution in [2.24, 2.45) is 5.92 Å². The van der Waals surface area contributed by atoms with E-state index in [0.29, 0.717) is 19.1 Å². The molecule has 5 heteroatoms. The number of hydrogen-bond acceptors (Lipinski definition) is 4. The Morgan fingerprint density at radius 1 is 0.974 bits per heavy atom. The summed E-state index contributed by atoms with van der Waals surface area (Å²) in [6.45, 7) is 5.20. The number of rotatable bonds is 7. The van der Waals surface area contributed by atoms with Crippen LogP contribution in [0.15, 0.2) is 78.9 Å². The maximum atomic E-state index is 13.0. The van der Waals surface area contributed by atoms with Gasteiger partial charge < -0.3 is 14.7 Å². The molecular formula is C33H37NO4. The van der Waals surface area contributed by atoms with Gasteiger partial charge in [0.2, 0.25) is 0 Å². The third-order valence-corrected chi connectivity index (χ3v) is 8.40.